The van der Waals surface area contributed by atoms with Gasteiger partial charge in [0.25, 0.3) is 0 Å². The number of hydrogen-bond donors (Lipinski definition) is 0. The Morgan fingerprint density at radius 2 is 1.76 bits per heavy atom. The van der Waals surface area contributed by atoms with Crippen LogP contribution in [-0.2, 0) is 12.8 Å². The van der Waals surface area contributed by atoms with Gasteiger partial charge in [0.15, 0.2) is 0 Å². The molecule has 0 heterocycles. The second kappa shape index (κ2) is 8.07. The molecule has 0 aliphatic rings. The van der Waals surface area contributed by atoms with Crippen LogP contribution in [0.3, 0.4) is 0 Å². The van der Waals surface area contributed by atoms with E-state index in [-0.39, 0.29) is 0 Å². The Kier molecular flexibility index (Phi) is 6.40. The predicted octanol–water partition coefficient (Wildman–Crippen LogP) is 5.80. The minimum atomic E-state index is 0.428. The molecule has 2 rings (SSSR count). The molecule has 0 saturated heterocycles. The van der Waals surface area contributed by atoms with Gasteiger partial charge >= 0.3 is 0 Å². The van der Waals surface area contributed by atoms with Crippen LogP contribution in [-0.4, -0.2) is 12.4 Å². The van der Waals surface area contributed by atoms with E-state index < -0.39 is 0 Å². The third-order valence-electron chi connectivity index (χ3n) is 3.44. The first kappa shape index (κ1) is 16.7. The number of alkyl halides is 1. The lowest BCUT2D eigenvalue weighted by atomic mass is 9.94. The Morgan fingerprint density at radius 3 is 2.43 bits per heavy atom. The van der Waals surface area contributed by atoms with E-state index in [1.807, 2.05) is 36.4 Å². The molecule has 0 aromatic heterocycles. The molecule has 4 heteroatoms. The molecule has 2 aromatic rings. The van der Waals surface area contributed by atoms with Gasteiger partial charge in [-0.25, -0.2) is 0 Å². The monoisotopic (exact) mass is 386 g/mol. The van der Waals surface area contributed by atoms with E-state index >= 15 is 0 Å². The zero-order chi connectivity index (χ0) is 15.2. The number of benzene rings is 2. The maximum Gasteiger partial charge on any atom is 0.122 e. The lowest BCUT2D eigenvalue weighted by molar-refractivity contribution is 0.406. The number of methoxy groups -OCH3 is 1. The lowest BCUT2D eigenvalue weighted by Gasteiger charge is -2.17. The molecule has 0 aliphatic carbocycles. The molecule has 2 aromatic carbocycles. The summed E-state index contributed by atoms with van der Waals surface area (Å²) >= 11 is 16.0. The van der Waals surface area contributed by atoms with Gasteiger partial charge in [0.2, 0.25) is 0 Å². The summed E-state index contributed by atoms with van der Waals surface area (Å²) in [6, 6.07) is 13.7. The van der Waals surface area contributed by atoms with Crippen molar-refractivity contribution in [2.24, 2.45) is 5.92 Å². The van der Waals surface area contributed by atoms with Gasteiger partial charge in [0.05, 0.1) is 7.11 Å². The standard InChI is InChI=1S/C17H17BrCl2O/c1-21-17-7-6-15(19)10-14(17)9-12(11-18)8-13-4-2-3-5-16(13)20/h2-7,10,12H,8-9,11H2,1H3. The summed E-state index contributed by atoms with van der Waals surface area (Å²) < 4.78 is 5.42. The highest BCUT2D eigenvalue weighted by Gasteiger charge is 2.14. The number of rotatable bonds is 6. The van der Waals surface area contributed by atoms with E-state index in [1.165, 1.54) is 5.56 Å². The Hall–Kier alpha value is -0.700. The number of halogens is 3. The summed E-state index contributed by atoms with van der Waals surface area (Å²) in [5, 5.41) is 2.45. The molecule has 0 saturated carbocycles. The first-order chi connectivity index (χ1) is 10.1. The van der Waals surface area contributed by atoms with Crippen LogP contribution in [0, 0.1) is 5.92 Å². The lowest BCUT2D eigenvalue weighted by Crippen LogP contribution is -2.11. The quantitative estimate of drug-likeness (QED) is 0.569. The van der Waals surface area contributed by atoms with Crippen LogP contribution < -0.4 is 4.74 Å². The van der Waals surface area contributed by atoms with Gasteiger partial charge in [-0.3, -0.25) is 0 Å². The third kappa shape index (κ3) is 4.64. The van der Waals surface area contributed by atoms with Crippen LogP contribution in [0.4, 0.5) is 0 Å². The Balaban J connectivity index is 2.16. The molecular weight excluding hydrogens is 371 g/mol. The van der Waals surface area contributed by atoms with Gasteiger partial charge in [-0.15, -0.1) is 0 Å². The topological polar surface area (TPSA) is 9.23 Å². The summed E-state index contributed by atoms with van der Waals surface area (Å²) in [5.41, 5.74) is 2.30. The van der Waals surface area contributed by atoms with E-state index in [4.69, 9.17) is 27.9 Å². The molecule has 1 atom stereocenters. The van der Waals surface area contributed by atoms with Crippen LogP contribution in [0.5, 0.6) is 5.75 Å². The van der Waals surface area contributed by atoms with Gasteiger partial charge in [0.1, 0.15) is 5.75 Å². The third-order valence-corrected chi connectivity index (χ3v) is 4.96. The van der Waals surface area contributed by atoms with Gasteiger partial charge in [-0.1, -0.05) is 57.3 Å². The summed E-state index contributed by atoms with van der Waals surface area (Å²) in [7, 11) is 1.68. The molecule has 0 radical (unpaired) electrons. The first-order valence-corrected chi connectivity index (χ1v) is 8.63. The van der Waals surface area contributed by atoms with Crippen molar-refractivity contribution >= 4 is 39.1 Å². The van der Waals surface area contributed by atoms with E-state index in [0.29, 0.717) is 5.92 Å². The van der Waals surface area contributed by atoms with Crippen LogP contribution in [0.15, 0.2) is 42.5 Å². The molecule has 0 N–H and O–H groups in total. The van der Waals surface area contributed by atoms with E-state index in [0.717, 1.165) is 39.5 Å². The van der Waals surface area contributed by atoms with Crippen molar-refractivity contribution < 1.29 is 4.74 Å². The molecule has 0 amide bonds. The van der Waals surface area contributed by atoms with Crippen molar-refractivity contribution in [1.82, 2.24) is 0 Å². The van der Waals surface area contributed by atoms with Crippen LogP contribution in [0.2, 0.25) is 10.0 Å². The highest BCUT2D eigenvalue weighted by molar-refractivity contribution is 9.09. The van der Waals surface area contributed by atoms with Crippen LogP contribution >= 0.6 is 39.1 Å². The van der Waals surface area contributed by atoms with Crippen molar-refractivity contribution in [2.75, 3.05) is 12.4 Å². The fourth-order valence-corrected chi connectivity index (χ4v) is 3.24. The van der Waals surface area contributed by atoms with Gasteiger partial charge in [-0.05, 0) is 54.2 Å². The smallest absolute Gasteiger partial charge is 0.122 e. The Labute approximate surface area is 144 Å². The summed E-state index contributed by atoms with van der Waals surface area (Å²) in [6.07, 6.45) is 1.81. The van der Waals surface area contributed by atoms with Gasteiger partial charge in [0, 0.05) is 15.4 Å². The van der Waals surface area contributed by atoms with Crippen molar-refractivity contribution in [3.05, 3.63) is 63.6 Å². The fourth-order valence-electron chi connectivity index (χ4n) is 2.37. The van der Waals surface area contributed by atoms with Gasteiger partial charge in [-0.2, -0.15) is 0 Å². The average molecular weight is 388 g/mol. The molecular formula is C17H17BrCl2O. The summed E-state index contributed by atoms with van der Waals surface area (Å²) in [6.45, 7) is 0. The summed E-state index contributed by atoms with van der Waals surface area (Å²) in [5.74, 6) is 1.31. The molecule has 1 unspecified atom stereocenters. The maximum atomic E-state index is 6.25. The zero-order valence-electron chi connectivity index (χ0n) is 11.8. The zero-order valence-corrected chi connectivity index (χ0v) is 14.9. The van der Waals surface area contributed by atoms with E-state index in [1.54, 1.807) is 7.11 Å². The molecule has 112 valence electrons. The maximum absolute atomic E-state index is 6.25. The summed E-state index contributed by atoms with van der Waals surface area (Å²) in [4.78, 5) is 0. The second-order valence-corrected chi connectivity index (χ2v) is 6.47. The minimum absolute atomic E-state index is 0.428. The normalized spacial score (nSPS) is 12.2. The van der Waals surface area contributed by atoms with Crippen molar-refractivity contribution in [3.8, 4) is 5.75 Å². The predicted molar refractivity (Wildman–Crippen MR) is 94.1 cm³/mol. The van der Waals surface area contributed by atoms with Gasteiger partial charge < -0.3 is 4.74 Å². The van der Waals surface area contributed by atoms with Crippen molar-refractivity contribution in [3.63, 3.8) is 0 Å². The largest absolute Gasteiger partial charge is 0.496 e. The highest BCUT2D eigenvalue weighted by Crippen LogP contribution is 2.28. The number of hydrogen-bond acceptors (Lipinski definition) is 1. The Morgan fingerprint density at radius 1 is 1.05 bits per heavy atom. The second-order valence-electron chi connectivity index (χ2n) is 4.98. The van der Waals surface area contributed by atoms with Crippen molar-refractivity contribution in [2.45, 2.75) is 12.8 Å². The van der Waals surface area contributed by atoms with E-state index in [2.05, 4.69) is 22.0 Å². The average Bonchev–Trinajstić information content (AvgIpc) is 2.49. The molecule has 0 aliphatic heterocycles. The molecule has 21 heavy (non-hydrogen) atoms. The molecule has 0 spiro atoms. The van der Waals surface area contributed by atoms with Crippen LogP contribution in [0.25, 0.3) is 0 Å². The van der Waals surface area contributed by atoms with Crippen LogP contribution in [0.1, 0.15) is 11.1 Å². The first-order valence-electron chi connectivity index (χ1n) is 6.75. The molecule has 1 nitrogen and oxygen atoms in total. The van der Waals surface area contributed by atoms with E-state index in [9.17, 15) is 0 Å². The van der Waals surface area contributed by atoms with Crippen molar-refractivity contribution in [1.29, 1.82) is 0 Å². The fraction of sp³-hybridized carbons (Fsp3) is 0.294. The minimum Gasteiger partial charge on any atom is -0.496 e. The number of ether oxygens (including phenoxy) is 1. The SMILES string of the molecule is COc1ccc(Cl)cc1CC(CBr)Cc1ccccc1Cl. The highest BCUT2D eigenvalue weighted by atomic mass is 79.9. The molecule has 0 fully saturated rings. The Bertz CT molecular complexity index is 601. The molecule has 0 bridgehead atoms.